The Balaban J connectivity index is 2.02. The molecule has 2 aromatic heterocycles. The molecular formula is C22H31N5O3S. The highest BCUT2D eigenvalue weighted by Gasteiger charge is 2.56. The molecule has 1 saturated carbocycles. The molecule has 8 nitrogen and oxygen atoms in total. The topological polar surface area (TPSA) is 80.0 Å². The van der Waals surface area contributed by atoms with Crippen LogP contribution in [0.4, 0.5) is 5.82 Å². The van der Waals surface area contributed by atoms with E-state index in [1.165, 1.54) is 6.26 Å². The lowest BCUT2D eigenvalue weighted by Gasteiger charge is -2.35. The SMILES string of the molecule is C=C/C(C)=C(/c1cnn2c(C3(S(C)(=O)=O)CC3)cc(N3CCOCC3C)nc12)N(C)C. The van der Waals surface area contributed by atoms with Crippen molar-refractivity contribution in [2.75, 3.05) is 45.0 Å². The second-order valence-corrected chi connectivity index (χ2v) is 11.1. The Hall–Kier alpha value is -2.39. The quantitative estimate of drug-likeness (QED) is 0.632. The first-order valence-electron chi connectivity index (χ1n) is 10.5. The summed E-state index contributed by atoms with van der Waals surface area (Å²) in [5.41, 5.74) is 4.16. The normalized spacial score (nSPS) is 21.7. The first-order chi connectivity index (χ1) is 14.6. The predicted molar refractivity (Wildman–Crippen MR) is 123 cm³/mol. The number of anilines is 1. The van der Waals surface area contributed by atoms with Crippen LogP contribution in [-0.4, -0.2) is 74.1 Å². The van der Waals surface area contributed by atoms with Gasteiger partial charge in [-0.15, -0.1) is 0 Å². The molecule has 1 saturated heterocycles. The van der Waals surface area contributed by atoms with E-state index in [0.717, 1.165) is 22.7 Å². The van der Waals surface area contributed by atoms with Crippen LogP contribution in [0.5, 0.6) is 0 Å². The van der Waals surface area contributed by atoms with Crippen LogP contribution in [0.25, 0.3) is 11.3 Å². The number of ether oxygens (including phenoxy) is 1. The third kappa shape index (κ3) is 3.53. The molecule has 31 heavy (non-hydrogen) atoms. The van der Waals surface area contributed by atoms with Gasteiger partial charge in [0.15, 0.2) is 15.5 Å². The van der Waals surface area contributed by atoms with Crippen molar-refractivity contribution in [1.29, 1.82) is 0 Å². The molecule has 1 unspecified atom stereocenters. The Kier molecular flexibility index (Phi) is 5.37. The summed E-state index contributed by atoms with van der Waals surface area (Å²) in [6.45, 7) is 9.96. The number of aromatic nitrogens is 3. The molecule has 0 N–H and O–H groups in total. The van der Waals surface area contributed by atoms with E-state index in [4.69, 9.17) is 9.72 Å². The Morgan fingerprint density at radius 3 is 2.65 bits per heavy atom. The highest BCUT2D eigenvalue weighted by Crippen LogP contribution is 2.53. The van der Waals surface area contributed by atoms with Gasteiger partial charge in [-0.3, -0.25) is 0 Å². The maximum Gasteiger partial charge on any atom is 0.167 e. The van der Waals surface area contributed by atoms with Crippen LogP contribution in [0, 0.1) is 0 Å². The lowest BCUT2D eigenvalue weighted by molar-refractivity contribution is 0.0985. The molecule has 3 heterocycles. The van der Waals surface area contributed by atoms with Crippen molar-refractivity contribution >= 4 is 27.0 Å². The van der Waals surface area contributed by atoms with Gasteiger partial charge in [0.1, 0.15) is 10.6 Å². The smallest absolute Gasteiger partial charge is 0.167 e. The van der Waals surface area contributed by atoms with Gasteiger partial charge >= 0.3 is 0 Å². The monoisotopic (exact) mass is 445 g/mol. The third-order valence-electron chi connectivity index (χ3n) is 6.38. The van der Waals surface area contributed by atoms with Crippen molar-refractivity contribution < 1.29 is 13.2 Å². The first-order valence-corrected chi connectivity index (χ1v) is 12.4. The Morgan fingerprint density at radius 2 is 2.10 bits per heavy atom. The van der Waals surface area contributed by atoms with Gasteiger partial charge in [-0.05, 0) is 32.3 Å². The van der Waals surface area contributed by atoms with Crippen LogP contribution in [-0.2, 0) is 19.3 Å². The molecule has 0 amide bonds. The summed E-state index contributed by atoms with van der Waals surface area (Å²) < 4.78 is 32.0. The summed E-state index contributed by atoms with van der Waals surface area (Å²) in [6.07, 6.45) is 6.10. The molecule has 2 aliphatic rings. The van der Waals surface area contributed by atoms with Gasteiger partial charge in [0.25, 0.3) is 0 Å². The van der Waals surface area contributed by atoms with Gasteiger partial charge in [0.2, 0.25) is 0 Å². The molecule has 0 aromatic carbocycles. The standard InChI is InChI=1S/C22H31N5O3S/c1-7-15(2)20(25(4)5)17-13-23-27-18(22(8-9-22)31(6,28)29)12-19(24-21(17)27)26-10-11-30-14-16(26)3/h7,12-13,16H,1,8-11,14H2,2-6H3/b20-15-. The lowest BCUT2D eigenvalue weighted by atomic mass is 10.1. The fourth-order valence-corrected chi connectivity index (χ4v) is 5.86. The maximum absolute atomic E-state index is 12.8. The molecule has 2 fully saturated rings. The average molecular weight is 446 g/mol. The Bertz CT molecular complexity index is 1160. The number of sulfone groups is 1. The summed E-state index contributed by atoms with van der Waals surface area (Å²) >= 11 is 0. The van der Waals surface area contributed by atoms with E-state index in [2.05, 4.69) is 23.5 Å². The largest absolute Gasteiger partial charge is 0.377 e. The average Bonchev–Trinajstić information content (AvgIpc) is 3.44. The molecular weight excluding hydrogens is 414 g/mol. The minimum Gasteiger partial charge on any atom is -0.377 e. The molecule has 2 aromatic rings. The van der Waals surface area contributed by atoms with E-state index in [0.29, 0.717) is 43.9 Å². The molecule has 0 bridgehead atoms. The van der Waals surface area contributed by atoms with Crippen molar-refractivity contribution in [3.8, 4) is 0 Å². The van der Waals surface area contributed by atoms with E-state index in [-0.39, 0.29) is 6.04 Å². The molecule has 0 spiro atoms. The van der Waals surface area contributed by atoms with Crippen molar-refractivity contribution in [3.05, 3.63) is 41.7 Å². The molecule has 1 atom stereocenters. The van der Waals surface area contributed by atoms with Gasteiger partial charge in [0, 0.05) is 33.0 Å². The second-order valence-electron chi connectivity index (χ2n) is 8.81. The number of fused-ring (bicyclic) bond motifs is 1. The van der Waals surface area contributed by atoms with E-state index < -0.39 is 14.6 Å². The van der Waals surface area contributed by atoms with Gasteiger partial charge in [-0.25, -0.2) is 17.9 Å². The summed E-state index contributed by atoms with van der Waals surface area (Å²) in [6, 6.07) is 2.06. The number of hydrogen-bond donors (Lipinski definition) is 0. The molecule has 1 aliphatic heterocycles. The number of hydrogen-bond acceptors (Lipinski definition) is 7. The zero-order chi connectivity index (χ0) is 22.6. The van der Waals surface area contributed by atoms with Gasteiger partial charge < -0.3 is 14.5 Å². The summed E-state index contributed by atoms with van der Waals surface area (Å²) in [5, 5.41) is 4.62. The zero-order valence-corrected chi connectivity index (χ0v) is 19.7. The summed E-state index contributed by atoms with van der Waals surface area (Å²) in [5.74, 6) is 0.768. The van der Waals surface area contributed by atoms with E-state index >= 15 is 0 Å². The minimum absolute atomic E-state index is 0.148. The van der Waals surface area contributed by atoms with Crippen molar-refractivity contribution in [2.45, 2.75) is 37.5 Å². The van der Waals surface area contributed by atoms with Crippen LogP contribution in [0.2, 0.25) is 0 Å². The summed E-state index contributed by atoms with van der Waals surface area (Å²) in [4.78, 5) is 9.21. The van der Waals surface area contributed by atoms with E-state index in [9.17, 15) is 8.42 Å². The highest BCUT2D eigenvalue weighted by atomic mass is 32.2. The van der Waals surface area contributed by atoms with Crippen LogP contribution in [0.1, 0.15) is 37.9 Å². The fraction of sp³-hybridized carbons (Fsp3) is 0.545. The molecule has 1 aliphatic carbocycles. The summed E-state index contributed by atoms with van der Waals surface area (Å²) in [7, 11) is 0.628. The lowest BCUT2D eigenvalue weighted by Crippen LogP contribution is -2.44. The first kappa shape index (κ1) is 21.8. The van der Waals surface area contributed by atoms with Crippen LogP contribution in [0.15, 0.2) is 30.5 Å². The predicted octanol–water partition coefficient (Wildman–Crippen LogP) is 2.47. The van der Waals surface area contributed by atoms with E-state index in [1.807, 2.05) is 38.1 Å². The third-order valence-corrected chi connectivity index (χ3v) is 8.42. The number of nitrogens with zero attached hydrogens (tertiary/aromatic N) is 5. The Labute approximate surface area is 184 Å². The number of rotatable bonds is 6. The minimum atomic E-state index is -3.32. The molecule has 0 radical (unpaired) electrons. The zero-order valence-electron chi connectivity index (χ0n) is 18.9. The van der Waals surface area contributed by atoms with Crippen molar-refractivity contribution in [3.63, 3.8) is 0 Å². The fourth-order valence-electron chi connectivity index (χ4n) is 4.49. The van der Waals surface area contributed by atoms with Crippen molar-refractivity contribution in [1.82, 2.24) is 19.5 Å². The van der Waals surface area contributed by atoms with Crippen LogP contribution < -0.4 is 4.90 Å². The van der Waals surface area contributed by atoms with Crippen LogP contribution >= 0.6 is 0 Å². The van der Waals surface area contributed by atoms with Gasteiger partial charge in [-0.1, -0.05) is 12.7 Å². The van der Waals surface area contributed by atoms with Crippen LogP contribution in [0.3, 0.4) is 0 Å². The van der Waals surface area contributed by atoms with Gasteiger partial charge in [-0.2, -0.15) is 5.10 Å². The number of allylic oxidation sites excluding steroid dienone is 2. The molecule has 9 heteroatoms. The molecule has 4 rings (SSSR count). The maximum atomic E-state index is 12.8. The Morgan fingerprint density at radius 1 is 1.39 bits per heavy atom. The number of morpholine rings is 1. The highest BCUT2D eigenvalue weighted by molar-refractivity contribution is 7.91. The second kappa shape index (κ2) is 7.63. The molecule has 168 valence electrons. The van der Waals surface area contributed by atoms with E-state index in [1.54, 1.807) is 10.7 Å². The van der Waals surface area contributed by atoms with Gasteiger partial charge in [0.05, 0.1) is 42.4 Å². The van der Waals surface area contributed by atoms with Crippen molar-refractivity contribution in [2.24, 2.45) is 0 Å².